The van der Waals surface area contributed by atoms with E-state index < -0.39 is 9.84 Å². The lowest BCUT2D eigenvalue weighted by atomic mass is 10.1. The van der Waals surface area contributed by atoms with Crippen molar-refractivity contribution in [3.63, 3.8) is 0 Å². The van der Waals surface area contributed by atoms with Gasteiger partial charge in [-0.05, 0) is 19.4 Å². The van der Waals surface area contributed by atoms with Crippen molar-refractivity contribution in [2.24, 2.45) is 0 Å². The van der Waals surface area contributed by atoms with Gasteiger partial charge in [-0.25, -0.2) is 8.42 Å². The van der Waals surface area contributed by atoms with Crippen LogP contribution in [-0.2, 0) is 14.6 Å². The topological polar surface area (TPSA) is 54.5 Å². The molecule has 0 aromatic rings. The summed E-state index contributed by atoms with van der Waals surface area (Å²) in [4.78, 5) is 13.2. The molecule has 0 amide bonds. The van der Waals surface area contributed by atoms with Crippen LogP contribution in [0.3, 0.4) is 0 Å². The first-order valence-corrected chi connectivity index (χ1v) is 6.85. The molecule has 0 aromatic heterocycles. The van der Waals surface area contributed by atoms with E-state index in [0.29, 0.717) is 25.1 Å². The first-order valence-electron chi connectivity index (χ1n) is 5.03. The quantitative estimate of drug-likeness (QED) is 0.612. The van der Waals surface area contributed by atoms with Gasteiger partial charge in [-0.3, -0.25) is 9.69 Å². The molecule has 80 valence electrons. The molecule has 14 heavy (non-hydrogen) atoms. The number of likely N-dealkylation sites (tertiary alicyclic amines) is 1. The van der Waals surface area contributed by atoms with Crippen molar-refractivity contribution < 1.29 is 13.2 Å². The molecule has 2 aliphatic rings. The predicted molar refractivity (Wildman–Crippen MR) is 52.9 cm³/mol. The van der Waals surface area contributed by atoms with Crippen LogP contribution in [0.25, 0.3) is 0 Å². The van der Waals surface area contributed by atoms with Crippen LogP contribution in [0.1, 0.15) is 19.3 Å². The Morgan fingerprint density at radius 3 is 2.71 bits per heavy atom. The van der Waals surface area contributed by atoms with E-state index in [4.69, 9.17) is 0 Å². The minimum Gasteiger partial charge on any atom is -0.298 e. The second-order valence-corrected chi connectivity index (χ2v) is 6.40. The Kier molecular flexibility index (Phi) is 2.62. The molecule has 2 saturated heterocycles. The van der Waals surface area contributed by atoms with Gasteiger partial charge in [-0.2, -0.15) is 0 Å². The number of Topliss-reactive ketones (excluding diaryl/α,β-unsaturated/α-hetero) is 1. The second kappa shape index (κ2) is 3.62. The Morgan fingerprint density at radius 2 is 2.14 bits per heavy atom. The Labute approximate surface area is 84.2 Å². The molecule has 2 rings (SSSR count). The Balaban J connectivity index is 1.99. The molecule has 1 atom stereocenters. The summed E-state index contributed by atoms with van der Waals surface area (Å²) < 4.78 is 22.5. The van der Waals surface area contributed by atoms with E-state index in [2.05, 4.69) is 0 Å². The van der Waals surface area contributed by atoms with Crippen molar-refractivity contribution in [2.45, 2.75) is 25.3 Å². The number of ketones is 1. The van der Waals surface area contributed by atoms with Crippen molar-refractivity contribution in [1.29, 1.82) is 0 Å². The number of sulfone groups is 1. The van der Waals surface area contributed by atoms with Gasteiger partial charge in [0.1, 0.15) is 5.78 Å². The van der Waals surface area contributed by atoms with E-state index in [1.54, 1.807) is 0 Å². The van der Waals surface area contributed by atoms with Crippen LogP contribution in [0.5, 0.6) is 0 Å². The number of hydrogen-bond acceptors (Lipinski definition) is 4. The maximum absolute atomic E-state index is 11.3. The van der Waals surface area contributed by atoms with Crippen LogP contribution in [0.2, 0.25) is 0 Å². The largest absolute Gasteiger partial charge is 0.298 e. The average Bonchev–Trinajstić information content (AvgIpc) is 2.46. The van der Waals surface area contributed by atoms with Gasteiger partial charge in [0.15, 0.2) is 9.84 Å². The summed E-state index contributed by atoms with van der Waals surface area (Å²) in [5, 5.41) is 0. The fourth-order valence-electron chi connectivity index (χ4n) is 2.24. The second-order valence-electron chi connectivity index (χ2n) is 4.17. The van der Waals surface area contributed by atoms with Gasteiger partial charge >= 0.3 is 0 Å². The first-order chi connectivity index (χ1) is 6.57. The van der Waals surface area contributed by atoms with Crippen LogP contribution in [-0.4, -0.2) is 49.7 Å². The molecule has 0 bridgehead atoms. The number of piperidine rings is 1. The van der Waals surface area contributed by atoms with Crippen LogP contribution in [0, 0.1) is 0 Å². The van der Waals surface area contributed by atoms with E-state index >= 15 is 0 Å². The zero-order valence-corrected chi connectivity index (χ0v) is 8.92. The maximum atomic E-state index is 11.3. The van der Waals surface area contributed by atoms with E-state index in [-0.39, 0.29) is 17.6 Å². The Hall–Kier alpha value is -0.420. The third-order valence-corrected chi connectivity index (χ3v) is 4.76. The van der Waals surface area contributed by atoms with Gasteiger partial charge in [0, 0.05) is 12.5 Å². The molecular weight excluding hydrogens is 202 g/mol. The van der Waals surface area contributed by atoms with E-state index in [1.165, 1.54) is 0 Å². The summed E-state index contributed by atoms with van der Waals surface area (Å²) in [6.07, 6.45) is 2.25. The summed E-state index contributed by atoms with van der Waals surface area (Å²) in [6, 6.07) is 0.101. The number of carbonyl (C=O) groups is 1. The summed E-state index contributed by atoms with van der Waals surface area (Å²) in [5.74, 6) is 0.795. The van der Waals surface area contributed by atoms with Gasteiger partial charge in [0.2, 0.25) is 0 Å². The van der Waals surface area contributed by atoms with Gasteiger partial charge < -0.3 is 0 Å². The number of hydrogen-bond donors (Lipinski definition) is 0. The zero-order chi connectivity index (χ0) is 10.2. The molecule has 0 N–H and O–H groups in total. The van der Waals surface area contributed by atoms with E-state index in [0.717, 1.165) is 13.0 Å². The molecule has 5 heteroatoms. The highest BCUT2D eigenvalue weighted by molar-refractivity contribution is 7.91. The molecule has 4 nitrogen and oxygen atoms in total. The molecule has 2 aliphatic heterocycles. The fourth-order valence-corrected chi connectivity index (χ4v) is 4.00. The molecule has 0 radical (unpaired) electrons. The summed E-state index contributed by atoms with van der Waals surface area (Å²) >= 11 is 0. The van der Waals surface area contributed by atoms with Gasteiger partial charge in [0.25, 0.3) is 0 Å². The summed E-state index contributed by atoms with van der Waals surface area (Å²) in [5.41, 5.74) is 0. The summed E-state index contributed by atoms with van der Waals surface area (Å²) in [6.45, 7) is 1.34. The van der Waals surface area contributed by atoms with Crippen LogP contribution < -0.4 is 0 Å². The molecule has 2 fully saturated rings. The SMILES string of the molecule is O=C1CCCN(C2CCS(=O)(=O)C2)C1. The van der Waals surface area contributed by atoms with Crippen molar-refractivity contribution in [3.05, 3.63) is 0 Å². The van der Waals surface area contributed by atoms with Crippen LogP contribution in [0.4, 0.5) is 0 Å². The van der Waals surface area contributed by atoms with Crippen LogP contribution >= 0.6 is 0 Å². The van der Waals surface area contributed by atoms with E-state index in [1.807, 2.05) is 4.90 Å². The molecular formula is C9H15NO3S. The highest BCUT2D eigenvalue weighted by Crippen LogP contribution is 2.20. The molecule has 0 saturated carbocycles. The molecule has 0 spiro atoms. The van der Waals surface area contributed by atoms with Crippen molar-refractivity contribution in [3.8, 4) is 0 Å². The maximum Gasteiger partial charge on any atom is 0.151 e. The van der Waals surface area contributed by atoms with E-state index in [9.17, 15) is 13.2 Å². The Bertz CT molecular complexity index is 336. The molecule has 1 unspecified atom stereocenters. The smallest absolute Gasteiger partial charge is 0.151 e. The fraction of sp³-hybridized carbons (Fsp3) is 0.889. The minimum atomic E-state index is -2.82. The first kappa shape index (κ1) is 10.1. The lowest BCUT2D eigenvalue weighted by Crippen LogP contribution is -2.43. The molecule has 0 aromatic carbocycles. The van der Waals surface area contributed by atoms with Crippen molar-refractivity contribution >= 4 is 15.6 Å². The molecule has 2 heterocycles. The van der Waals surface area contributed by atoms with Crippen molar-refractivity contribution in [2.75, 3.05) is 24.6 Å². The average molecular weight is 217 g/mol. The Morgan fingerprint density at radius 1 is 1.36 bits per heavy atom. The third kappa shape index (κ3) is 2.15. The monoisotopic (exact) mass is 217 g/mol. The number of nitrogens with zero attached hydrogens (tertiary/aromatic N) is 1. The van der Waals surface area contributed by atoms with Gasteiger partial charge in [0.05, 0.1) is 18.1 Å². The molecule has 0 aliphatic carbocycles. The van der Waals surface area contributed by atoms with Crippen molar-refractivity contribution in [1.82, 2.24) is 4.90 Å². The zero-order valence-electron chi connectivity index (χ0n) is 8.11. The predicted octanol–water partition coefficient (Wildman–Crippen LogP) is -0.162. The number of rotatable bonds is 1. The lowest BCUT2D eigenvalue weighted by molar-refractivity contribution is -0.122. The highest BCUT2D eigenvalue weighted by Gasteiger charge is 2.33. The minimum absolute atomic E-state index is 0.101. The third-order valence-electron chi connectivity index (χ3n) is 3.01. The number of carbonyl (C=O) groups excluding carboxylic acids is 1. The van der Waals surface area contributed by atoms with Gasteiger partial charge in [-0.15, -0.1) is 0 Å². The highest BCUT2D eigenvalue weighted by atomic mass is 32.2. The lowest BCUT2D eigenvalue weighted by Gasteiger charge is -2.30. The van der Waals surface area contributed by atoms with Gasteiger partial charge in [-0.1, -0.05) is 0 Å². The standard InChI is InChI=1S/C9H15NO3S/c11-9-2-1-4-10(6-9)8-3-5-14(12,13)7-8/h8H,1-7H2. The normalized spacial score (nSPS) is 33.4. The summed E-state index contributed by atoms with van der Waals surface area (Å²) in [7, 11) is -2.82. The van der Waals surface area contributed by atoms with Crippen LogP contribution in [0.15, 0.2) is 0 Å².